The lowest BCUT2D eigenvalue weighted by atomic mass is 9.98. The summed E-state index contributed by atoms with van der Waals surface area (Å²) in [6.07, 6.45) is 1.25. The smallest absolute Gasteiger partial charge is 0.196 e. The molecule has 1 aromatic rings. The van der Waals surface area contributed by atoms with Gasteiger partial charge >= 0.3 is 0 Å². The minimum absolute atomic E-state index is 0.392. The van der Waals surface area contributed by atoms with Gasteiger partial charge in [0.05, 0.1) is 17.6 Å². The van der Waals surface area contributed by atoms with Gasteiger partial charge in [0, 0.05) is 10.2 Å². The van der Waals surface area contributed by atoms with Crippen LogP contribution in [0, 0.1) is 5.92 Å². The standard InChI is InChI=1S/C13H15BrClN3S/c14-10-5-9(1-2-11(10)15)18-12(6-17-13(18)16)8-3-4-19-7-8/h1-2,5,8,12H,3-4,6-7H2,(H2,16,17). The van der Waals surface area contributed by atoms with Crippen LogP contribution in [0.1, 0.15) is 6.42 Å². The molecule has 0 amide bonds. The van der Waals surface area contributed by atoms with Crippen molar-refractivity contribution < 1.29 is 0 Å². The summed E-state index contributed by atoms with van der Waals surface area (Å²) in [5.41, 5.74) is 7.14. The second kappa shape index (κ2) is 5.54. The lowest BCUT2D eigenvalue weighted by Crippen LogP contribution is -2.45. The number of nitrogens with two attached hydrogens (primary N) is 1. The maximum atomic E-state index is 6.08. The Kier molecular flexibility index (Phi) is 3.96. The van der Waals surface area contributed by atoms with E-state index in [1.807, 2.05) is 30.0 Å². The minimum Gasteiger partial charge on any atom is -0.370 e. The molecule has 0 bridgehead atoms. The van der Waals surface area contributed by atoms with Crippen LogP contribution in [-0.4, -0.2) is 30.1 Å². The molecule has 0 radical (unpaired) electrons. The van der Waals surface area contributed by atoms with Crippen LogP contribution in [0.5, 0.6) is 0 Å². The summed E-state index contributed by atoms with van der Waals surface area (Å²) in [6, 6.07) is 6.32. The Hall–Kier alpha value is -0.390. The molecule has 1 saturated heterocycles. The molecular weight excluding hydrogens is 346 g/mol. The first kappa shape index (κ1) is 13.6. The number of anilines is 1. The summed E-state index contributed by atoms with van der Waals surface area (Å²) in [6.45, 7) is 0.803. The molecule has 102 valence electrons. The summed E-state index contributed by atoms with van der Waals surface area (Å²) in [7, 11) is 0. The fraction of sp³-hybridized carbons (Fsp3) is 0.462. The van der Waals surface area contributed by atoms with E-state index in [4.69, 9.17) is 17.3 Å². The summed E-state index contributed by atoms with van der Waals surface area (Å²) in [4.78, 5) is 6.60. The van der Waals surface area contributed by atoms with E-state index in [9.17, 15) is 0 Å². The van der Waals surface area contributed by atoms with Gasteiger partial charge in [-0.3, -0.25) is 4.99 Å². The van der Waals surface area contributed by atoms with Gasteiger partial charge in [0.1, 0.15) is 0 Å². The lowest BCUT2D eigenvalue weighted by Gasteiger charge is -2.30. The normalized spacial score (nSPS) is 26.8. The Labute approximate surface area is 130 Å². The highest BCUT2D eigenvalue weighted by molar-refractivity contribution is 9.10. The number of thioether (sulfide) groups is 1. The fourth-order valence-electron chi connectivity index (χ4n) is 2.69. The second-order valence-electron chi connectivity index (χ2n) is 4.86. The van der Waals surface area contributed by atoms with E-state index in [2.05, 4.69) is 25.8 Å². The van der Waals surface area contributed by atoms with Crippen LogP contribution in [-0.2, 0) is 0 Å². The van der Waals surface area contributed by atoms with Crippen molar-refractivity contribution in [1.82, 2.24) is 0 Å². The maximum Gasteiger partial charge on any atom is 0.196 e. The van der Waals surface area contributed by atoms with Crippen LogP contribution < -0.4 is 10.6 Å². The van der Waals surface area contributed by atoms with E-state index < -0.39 is 0 Å². The summed E-state index contributed by atoms with van der Waals surface area (Å²) >= 11 is 11.6. The molecule has 19 heavy (non-hydrogen) atoms. The first-order valence-electron chi connectivity index (χ1n) is 6.29. The van der Waals surface area contributed by atoms with E-state index >= 15 is 0 Å². The molecule has 0 spiro atoms. The number of benzene rings is 1. The predicted molar refractivity (Wildman–Crippen MR) is 87.3 cm³/mol. The van der Waals surface area contributed by atoms with Crippen LogP contribution in [0.25, 0.3) is 0 Å². The molecule has 2 heterocycles. The van der Waals surface area contributed by atoms with E-state index in [1.54, 1.807) is 0 Å². The van der Waals surface area contributed by atoms with Crippen molar-refractivity contribution in [3.63, 3.8) is 0 Å². The van der Waals surface area contributed by atoms with Gasteiger partial charge < -0.3 is 10.6 Å². The summed E-state index contributed by atoms with van der Waals surface area (Å²) < 4.78 is 0.894. The number of aliphatic imine (C=N–C) groups is 1. The minimum atomic E-state index is 0.392. The van der Waals surface area contributed by atoms with Crippen molar-refractivity contribution in [3.05, 3.63) is 27.7 Å². The SMILES string of the molecule is NC1=NCC(C2CCSC2)N1c1ccc(Cl)c(Br)c1. The molecule has 2 aliphatic heterocycles. The zero-order valence-electron chi connectivity index (χ0n) is 10.4. The van der Waals surface area contributed by atoms with E-state index in [-0.39, 0.29) is 0 Å². The third-order valence-electron chi connectivity index (χ3n) is 3.71. The first-order chi connectivity index (χ1) is 9.16. The van der Waals surface area contributed by atoms with E-state index in [1.165, 1.54) is 17.9 Å². The van der Waals surface area contributed by atoms with Gasteiger partial charge in [-0.15, -0.1) is 0 Å². The number of guanidine groups is 1. The van der Waals surface area contributed by atoms with Gasteiger partial charge in [-0.25, -0.2) is 0 Å². The molecule has 3 rings (SSSR count). The van der Waals surface area contributed by atoms with Crippen molar-refractivity contribution in [2.24, 2.45) is 16.6 Å². The molecule has 1 fully saturated rings. The molecule has 6 heteroatoms. The van der Waals surface area contributed by atoms with Gasteiger partial charge in [-0.05, 0) is 58.0 Å². The number of nitrogens with zero attached hydrogens (tertiary/aromatic N) is 2. The third-order valence-corrected chi connectivity index (χ3v) is 6.11. The molecule has 2 aliphatic rings. The van der Waals surface area contributed by atoms with Crippen molar-refractivity contribution in [3.8, 4) is 0 Å². The highest BCUT2D eigenvalue weighted by atomic mass is 79.9. The lowest BCUT2D eigenvalue weighted by molar-refractivity contribution is 0.486. The number of hydrogen-bond acceptors (Lipinski definition) is 4. The Balaban J connectivity index is 1.90. The largest absolute Gasteiger partial charge is 0.370 e. The summed E-state index contributed by atoms with van der Waals surface area (Å²) in [5, 5.41) is 0.714. The Morgan fingerprint density at radius 1 is 1.47 bits per heavy atom. The van der Waals surface area contributed by atoms with Gasteiger partial charge in [0.2, 0.25) is 0 Å². The predicted octanol–water partition coefficient (Wildman–Crippen LogP) is 3.36. The van der Waals surface area contributed by atoms with Gasteiger partial charge in [0.25, 0.3) is 0 Å². The fourth-order valence-corrected chi connectivity index (χ4v) is 4.50. The summed E-state index contributed by atoms with van der Waals surface area (Å²) in [5.74, 6) is 3.75. The average molecular weight is 361 g/mol. The molecule has 3 nitrogen and oxygen atoms in total. The zero-order valence-corrected chi connectivity index (χ0v) is 13.5. The highest BCUT2D eigenvalue weighted by Gasteiger charge is 2.35. The van der Waals surface area contributed by atoms with Crippen molar-refractivity contribution in [2.45, 2.75) is 12.5 Å². The Morgan fingerprint density at radius 2 is 2.32 bits per heavy atom. The van der Waals surface area contributed by atoms with Gasteiger partial charge in [0.15, 0.2) is 5.96 Å². The van der Waals surface area contributed by atoms with E-state index in [0.717, 1.165) is 16.7 Å². The highest BCUT2D eigenvalue weighted by Crippen LogP contribution is 2.35. The number of halogens is 2. The molecule has 0 aliphatic carbocycles. The molecule has 0 saturated carbocycles. The zero-order chi connectivity index (χ0) is 13.4. The van der Waals surface area contributed by atoms with Crippen LogP contribution in [0.2, 0.25) is 5.02 Å². The quantitative estimate of drug-likeness (QED) is 0.879. The number of rotatable bonds is 2. The van der Waals surface area contributed by atoms with Crippen molar-refractivity contribution in [2.75, 3.05) is 23.0 Å². The Bertz CT molecular complexity index is 517. The molecular formula is C13H15BrClN3S. The average Bonchev–Trinajstić information content (AvgIpc) is 3.01. The van der Waals surface area contributed by atoms with Gasteiger partial charge in [-0.2, -0.15) is 11.8 Å². The second-order valence-corrected chi connectivity index (χ2v) is 7.27. The number of hydrogen-bond donors (Lipinski definition) is 1. The molecule has 2 N–H and O–H groups in total. The van der Waals surface area contributed by atoms with Crippen LogP contribution in [0.4, 0.5) is 5.69 Å². The monoisotopic (exact) mass is 359 g/mol. The van der Waals surface area contributed by atoms with Crippen LogP contribution in [0.3, 0.4) is 0 Å². The molecule has 2 unspecified atom stereocenters. The first-order valence-corrected chi connectivity index (χ1v) is 8.61. The molecule has 1 aromatic carbocycles. The van der Waals surface area contributed by atoms with Crippen LogP contribution >= 0.6 is 39.3 Å². The van der Waals surface area contributed by atoms with Crippen molar-refractivity contribution in [1.29, 1.82) is 0 Å². The topological polar surface area (TPSA) is 41.6 Å². The maximum absolute atomic E-state index is 6.08. The Morgan fingerprint density at radius 3 is 3.00 bits per heavy atom. The molecule has 2 atom stereocenters. The van der Waals surface area contributed by atoms with E-state index in [0.29, 0.717) is 22.9 Å². The van der Waals surface area contributed by atoms with Crippen molar-refractivity contribution >= 4 is 50.9 Å². The van der Waals surface area contributed by atoms with Crippen LogP contribution in [0.15, 0.2) is 27.7 Å². The van der Waals surface area contributed by atoms with Gasteiger partial charge in [-0.1, -0.05) is 11.6 Å². The molecule has 0 aromatic heterocycles. The third kappa shape index (κ3) is 2.60.